The lowest BCUT2D eigenvalue weighted by atomic mass is 9.99. The van der Waals surface area contributed by atoms with E-state index in [1.54, 1.807) is 0 Å². The molecule has 0 spiro atoms. The molecular formula is C17H22BrNO. The minimum Gasteiger partial charge on any atom is -0.382 e. The van der Waals surface area contributed by atoms with E-state index in [0.29, 0.717) is 17.7 Å². The number of hydrogen-bond acceptors (Lipinski definition) is 2. The largest absolute Gasteiger partial charge is 0.382 e. The number of hydrogen-bond donors (Lipinski definition) is 1. The van der Waals surface area contributed by atoms with Crippen LogP contribution in [0.1, 0.15) is 54.9 Å². The van der Waals surface area contributed by atoms with Crippen LogP contribution in [0.15, 0.2) is 16.6 Å². The topological polar surface area (TPSA) is 29.1 Å². The zero-order chi connectivity index (χ0) is 14.3. The molecule has 0 amide bonds. The molecule has 0 aliphatic heterocycles. The molecule has 3 heteroatoms. The summed E-state index contributed by atoms with van der Waals surface area (Å²) in [5.41, 5.74) is 3.14. The molecule has 20 heavy (non-hydrogen) atoms. The summed E-state index contributed by atoms with van der Waals surface area (Å²) in [6.07, 6.45) is 6.17. The van der Waals surface area contributed by atoms with Crippen molar-refractivity contribution in [2.24, 2.45) is 11.8 Å². The molecule has 2 atom stereocenters. The second-order valence-electron chi connectivity index (χ2n) is 6.44. The van der Waals surface area contributed by atoms with Gasteiger partial charge in [0.05, 0.1) is 0 Å². The van der Waals surface area contributed by atoms with E-state index in [4.69, 9.17) is 0 Å². The second kappa shape index (κ2) is 5.51. The van der Waals surface area contributed by atoms with Gasteiger partial charge in [-0.25, -0.2) is 0 Å². The lowest BCUT2D eigenvalue weighted by molar-refractivity contribution is 0.0961. The van der Waals surface area contributed by atoms with Crippen LogP contribution in [0.4, 0.5) is 5.69 Å². The highest BCUT2D eigenvalue weighted by molar-refractivity contribution is 9.10. The molecule has 3 rings (SSSR count). The van der Waals surface area contributed by atoms with Gasteiger partial charge in [0.25, 0.3) is 0 Å². The zero-order valence-corrected chi connectivity index (χ0v) is 13.8. The van der Waals surface area contributed by atoms with Crippen LogP contribution in [0.3, 0.4) is 0 Å². The molecule has 2 aliphatic carbocycles. The number of halogens is 1. The molecule has 1 aromatic carbocycles. The quantitative estimate of drug-likeness (QED) is 0.788. The van der Waals surface area contributed by atoms with Crippen molar-refractivity contribution in [2.45, 2.75) is 52.0 Å². The Bertz CT molecular complexity index is 534. The number of nitrogens with one attached hydrogen (secondary N) is 1. The molecule has 0 radical (unpaired) electrons. The second-order valence-corrected chi connectivity index (χ2v) is 7.35. The Morgan fingerprint density at radius 1 is 1.30 bits per heavy atom. The number of ketones is 1. The van der Waals surface area contributed by atoms with Gasteiger partial charge in [-0.1, -0.05) is 35.7 Å². The van der Waals surface area contributed by atoms with E-state index in [1.807, 2.05) is 6.07 Å². The summed E-state index contributed by atoms with van der Waals surface area (Å²) in [5.74, 6) is 1.14. The molecule has 2 nitrogen and oxygen atoms in total. The van der Waals surface area contributed by atoms with Crippen LogP contribution >= 0.6 is 15.9 Å². The number of anilines is 1. The predicted molar refractivity (Wildman–Crippen MR) is 86.4 cm³/mol. The van der Waals surface area contributed by atoms with Crippen LogP contribution in [0.2, 0.25) is 0 Å². The molecule has 108 valence electrons. The summed E-state index contributed by atoms with van der Waals surface area (Å²) in [4.78, 5) is 12.5. The SMILES string of the molecule is Cc1c(NC2CCCC2)cc(Br)cc1C(=O)C1CC1C. The first-order valence-electron chi connectivity index (χ1n) is 7.67. The van der Waals surface area contributed by atoms with Gasteiger partial charge in [-0.05, 0) is 49.8 Å². The van der Waals surface area contributed by atoms with Crippen molar-refractivity contribution in [3.05, 3.63) is 27.7 Å². The van der Waals surface area contributed by atoms with Crippen molar-refractivity contribution in [1.82, 2.24) is 0 Å². The highest BCUT2D eigenvalue weighted by Gasteiger charge is 2.40. The highest BCUT2D eigenvalue weighted by Crippen LogP contribution is 2.42. The summed E-state index contributed by atoms with van der Waals surface area (Å²) < 4.78 is 1.00. The minimum atomic E-state index is 0.252. The third-order valence-corrected chi connectivity index (χ3v) is 5.26. The van der Waals surface area contributed by atoms with Crippen molar-refractivity contribution in [2.75, 3.05) is 5.32 Å². The van der Waals surface area contributed by atoms with Gasteiger partial charge in [-0.15, -0.1) is 0 Å². The van der Waals surface area contributed by atoms with Crippen LogP contribution in [0, 0.1) is 18.8 Å². The summed E-state index contributed by atoms with van der Waals surface area (Å²) in [7, 11) is 0. The fourth-order valence-electron chi connectivity index (χ4n) is 3.26. The summed E-state index contributed by atoms with van der Waals surface area (Å²) in [5, 5.41) is 3.63. The molecule has 2 aliphatic rings. The lowest BCUT2D eigenvalue weighted by Crippen LogP contribution is -2.16. The van der Waals surface area contributed by atoms with E-state index < -0.39 is 0 Å². The Hall–Kier alpha value is -0.830. The van der Waals surface area contributed by atoms with Gasteiger partial charge < -0.3 is 5.32 Å². The summed E-state index contributed by atoms with van der Waals surface area (Å²) in [6, 6.07) is 4.68. The van der Waals surface area contributed by atoms with E-state index in [-0.39, 0.29) is 5.92 Å². The first kappa shape index (κ1) is 14.1. The van der Waals surface area contributed by atoms with Crippen molar-refractivity contribution < 1.29 is 4.79 Å². The highest BCUT2D eigenvalue weighted by atomic mass is 79.9. The van der Waals surface area contributed by atoms with Gasteiger partial charge >= 0.3 is 0 Å². The zero-order valence-electron chi connectivity index (χ0n) is 12.2. The Morgan fingerprint density at radius 3 is 2.55 bits per heavy atom. The van der Waals surface area contributed by atoms with Gasteiger partial charge in [0.15, 0.2) is 5.78 Å². The average Bonchev–Trinajstić information content (AvgIpc) is 2.92. The van der Waals surface area contributed by atoms with Crippen molar-refractivity contribution in [3.63, 3.8) is 0 Å². The van der Waals surface area contributed by atoms with E-state index in [0.717, 1.165) is 27.7 Å². The summed E-state index contributed by atoms with van der Waals surface area (Å²) in [6.45, 7) is 4.23. The molecule has 1 N–H and O–H groups in total. The maximum atomic E-state index is 12.5. The molecule has 2 saturated carbocycles. The van der Waals surface area contributed by atoms with Crippen LogP contribution in [0.5, 0.6) is 0 Å². The van der Waals surface area contributed by atoms with Crippen molar-refractivity contribution in [1.29, 1.82) is 0 Å². The van der Waals surface area contributed by atoms with Crippen LogP contribution in [0.25, 0.3) is 0 Å². The number of benzene rings is 1. The molecular weight excluding hydrogens is 314 g/mol. The van der Waals surface area contributed by atoms with Gasteiger partial charge in [-0.2, -0.15) is 0 Å². The Labute approximate surface area is 129 Å². The molecule has 2 unspecified atom stereocenters. The van der Waals surface area contributed by atoms with Gasteiger partial charge in [0.1, 0.15) is 0 Å². The number of Topliss-reactive ketones (excluding diaryl/α,β-unsaturated/α-hetero) is 1. The van der Waals surface area contributed by atoms with Crippen LogP contribution in [-0.4, -0.2) is 11.8 Å². The smallest absolute Gasteiger partial charge is 0.166 e. The lowest BCUT2D eigenvalue weighted by Gasteiger charge is -2.18. The Kier molecular flexibility index (Phi) is 3.89. The van der Waals surface area contributed by atoms with E-state index in [9.17, 15) is 4.79 Å². The number of rotatable bonds is 4. The maximum Gasteiger partial charge on any atom is 0.166 e. The third-order valence-electron chi connectivity index (χ3n) is 4.80. The van der Waals surface area contributed by atoms with Crippen molar-refractivity contribution in [3.8, 4) is 0 Å². The molecule has 0 saturated heterocycles. The Morgan fingerprint density at radius 2 is 1.95 bits per heavy atom. The minimum absolute atomic E-state index is 0.252. The van der Waals surface area contributed by atoms with Gasteiger partial charge in [-0.3, -0.25) is 4.79 Å². The van der Waals surface area contributed by atoms with Gasteiger partial charge in [0.2, 0.25) is 0 Å². The third kappa shape index (κ3) is 2.78. The molecule has 0 heterocycles. The number of carbonyl (C=O) groups excluding carboxylic acids is 1. The van der Waals surface area contributed by atoms with Crippen molar-refractivity contribution >= 4 is 27.4 Å². The molecule has 2 fully saturated rings. The first-order valence-corrected chi connectivity index (χ1v) is 8.46. The Balaban J connectivity index is 1.86. The predicted octanol–water partition coefficient (Wildman–Crippen LogP) is 4.95. The van der Waals surface area contributed by atoms with Crippen LogP contribution < -0.4 is 5.32 Å². The summed E-state index contributed by atoms with van der Waals surface area (Å²) >= 11 is 3.56. The van der Waals surface area contributed by atoms with E-state index in [1.165, 1.54) is 25.7 Å². The van der Waals surface area contributed by atoms with Crippen LogP contribution in [-0.2, 0) is 0 Å². The fourth-order valence-corrected chi connectivity index (χ4v) is 3.72. The standard InChI is InChI=1S/C17H22BrNO/c1-10-7-14(10)17(20)15-8-12(18)9-16(11(15)2)19-13-5-3-4-6-13/h8-10,13-14,19H,3-7H2,1-2H3. The average molecular weight is 336 g/mol. The fraction of sp³-hybridized carbons (Fsp3) is 0.588. The maximum absolute atomic E-state index is 12.5. The van der Waals surface area contributed by atoms with E-state index >= 15 is 0 Å². The molecule has 0 aromatic heterocycles. The normalized spacial score (nSPS) is 25.8. The molecule has 1 aromatic rings. The monoisotopic (exact) mass is 335 g/mol. The van der Waals surface area contributed by atoms with E-state index in [2.05, 4.69) is 41.2 Å². The molecule has 0 bridgehead atoms. The first-order chi connectivity index (χ1) is 9.56. The number of carbonyl (C=O) groups is 1. The van der Waals surface area contributed by atoms with Gasteiger partial charge in [0, 0.05) is 27.7 Å².